The number of carbonyl (C=O) groups excluding carboxylic acids is 2. The first kappa shape index (κ1) is 17.1. The smallest absolute Gasteiger partial charge is 0.225 e. The van der Waals surface area contributed by atoms with Gasteiger partial charge in [0.15, 0.2) is 0 Å². The highest BCUT2D eigenvalue weighted by Crippen LogP contribution is 2.20. The number of rotatable bonds is 6. The van der Waals surface area contributed by atoms with E-state index in [9.17, 15) is 9.59 Å². The lowest BCUT2D eigenvalue weighted by molar-refractivity contribution is -0.130. The molecule has 1 aromatic heterocycles. The molecular formula is C18H23N5O2. The minimum Gasteiger partial charge on any atom is -0.352 e. The summed E-state index contributed by atoms with van der Waals surface area (Å²) in [5.41, 5.74) is 2.12. The van der Waals surface area contributed by atoms with E-state index in [0.717, 1.165) is 11.1 Å². The van der Waals surface area contributed by atoms with E-state index in [2.05, 4.69) is 15.4 Å². The van der Waals surface area contributed by atoms with Crippen molar-refractivity contribution in [2.75, 3.05) is 6.54 Å². The Hall–Kier alpha value is -2.70. The number of aromatic nitrogens is 3. The molecule has 25 heavy (non-hydrogen) atoms. The highest BCUT2D eigenvalue weighted by Gasteiger charge is 2.35. The van der Waals surface area contributed by atoms with Gasteiger partial charge in [-0.15, -0.1) is 0 Å². The number of nitrogens with zero attached hydrogens (tertiary/aromatic N) is 4. The fourth-order valence-corrected chi connectivity index (χ4v) is 3.11. The van der Waals surface area contributed by atoms with Crippen molar-refractivity contribution in [3.05, 3.63) is 48.0 Å². The van der Waals surface area contributed by atoms with Crippen LogP contribution in [-0.2, 0) is 22.7 Å². The molecule has 0 bridgehead atoms. The number of carbonyl (C=O) groups is 2. The van der Waals surface area contributed by atoms with Gasteiger partial charge in [-0.25, -0.2) is 9.67 Å². The summed E-state index contributed by atoms with van der Waals surface area (Å²) in [5, 5.41) is 7.10. The van der Waals surface area contributed by atoms with E-state index in [1.807, 2.05) is 38.1 Å². The largest absolute Gasteiger partial charge is 0.352 e. The lowest BCUT2D eigenvalue weighted by atomic mass is 10.1. The van der Waals surface area contributed by atoms with Crippen LogP contribution in [0.5, 0.6) is 0 Å². The van der Waals surface area contributed by atoms with Gasteiger partial charge in [0.2, 0.25) is 11.8 Å². The topological polar surface area (TPSA) is 80.1 Å². The van der Waals surface area contributed by atoms with Crippen LogP contribution in [0.4, 0.5) is 0 Å². The molecule has 7 heteroatoms. The predicted octanol–water partition coefficient (Wildman–Crippen LogP) is 1.20. The van der Waals surface area contributed by atoms with E-state index in [1.54, 1.807) is 15.9 Å². The van der Waals surface area contributed by atoms with Crippen molar-refractivity contribution in [2.45, 2.75) is 39.4 Å². The fourth-order valence-electron chi connectivity index (χ4n) is 3.11. The molecule has 7 nitrogen and oxygen atoms in total. The first-order valence-corrected chi connectivity index (χ1v) is 8.51. The number of benzene rings is 1. The van der Waals surface area contributed by atoms with Crippen molar-refractivity contribution >= 4 is 11.8 Å². The molecule has 0 aliphatic carbocycles. The second-order valence-corrected chi connectivity index (χ2v) is 6.62. The number of likely N-dealkylation sites (tertiary alicyclic amines) is 1. The molecule has 1 saturated heterocycles. The molecule has 2 aromatic rings. The molecule has 1 N–H and O–H groups in total. The van der Waals surface area contributed by atoms with Crippen LogP contribution in [0, 0.1) is 5.92 Å². The first-order chi connectivity index (χ1) is 12.0. The molecule has 0 radical (unpaired) electrons. The average Bonchev–Trinajstić information content (AvgIpc) is 3.23. The molecule has 1 aromatic carbocycles. The van der Waals surface area contributed by atoms with Crippen LogP contribution >= 0.6 is 0 Å². The lowest BCUT2D eigenvalue weighted by Crippen LogP contribution is -2.35. The van der Waals surface area contributed by atoms with Crippen molar-refractivity contribution in [3.8, 4) is 0 Å². The molecule has 1 aliphatic heterocycles. The van der Waals surface area contributed by atoms with Crippen molar-refractivity contribution in [1.29, 1.82) is 0 Å². The minimum absolute atomic E-state index is 0.0572. The third-order valence-corrected chi connectivity index (χ3v) is 4.52. The number of amides is 2. The molecule has 132 valence electrons. The maximum Gasteiger partial charge on any atom is 0.225 e. The Morgan fingerprint density at radius 2 is 2.08 bits per heavy atom. The van der Waals surface area contributed by atoms with E-state index in [1.165, 1.54) is 6.33 Å². The zero-order valence-corrected chi connectivity index (χ0v) is 14.6. The Labute approximate surface area is 147 Å². The monoisotopic (exact) mass is 341 g/mol. The van der Waals surface area contributed by atoms with Gasteiger partial charge in [-0.05, 0) is 25.0 Å². The van der Waals surface area contributed by atoms with E-state index in [-0.39, 0.29) is 23.8 Å². The Kier molecular flexibility index (Phi) is 5.11. The standard InChI is InChI=1S/C18H23N5O2/c1-13(2)23-10-16(7-17(23)24)18(25)20-8-14-5-3-4-6-15(14)9-22-12-19-11-21-22/h3-6,11-13,16H,7-10H2,1-2H3,(H,20,25)/t16-/m1/s1. The van der Waals surface area contributed by atoms with Gasteiger partial charge in [-0.2, -0.15) is 5.10 Å². The lowest BCUT2D eigenvalue weighted by Gasteiger charge is -2.20. The van der Waals surface area contributed by atoms with Gasteiger partial charge in [-0.3, -0.25) is 9.59 Å². The van der Waals surface area contributed by atoms with Gasteiger partial charge in [0.05, 0.1) is 12.5 Å². The molecule has 1 fully saturated rings. The Morgan fingerprint density at radius 1 is 1.32 bits per heavy atom. The van der Waals surface area contributed by atoms with Crippen LogP contribution in [0.15, 0.2) is 36.9 Å². The van der Waals surface area contributed by atoms with E-state index in [4.69, 9.17) is 0 Å². The third kappa shape index (κ3) is 4.04. The molecule has 0 spiro atoms. The molecule has 2 amide bonds. The summed E-state index contributed by atoms with van der Waals surface area (Å²) in [7, 11) is 0. The number of nitrogens with one attached hydrogen (secondary N) is 1. The van der Waals surface area contributed by atoms with Gasteiger partial charge in [-0.1, -0.05) is 24.3 Å². The van der Waals surface area contributed by atoms with Gasteiger partial charge in [0.25, 0.3) is 0 Å². The zero-order valence-electron chi connectivity index (χ0n) is 14.6. The normalized spacial score (nSPS) is 17.3. The van der Waals surface area contributed by atoms with Gasteiger partial charge >= 0.3 is 0 Å². The van der Waals surface area contributed by atoms with Crippen LogP contribution < -0.4 is 5.32 Å². The van der Waals surface area contributed by atoms with Crippen LogP contribution in [-0.4, -0.2) is 44.1 Å². The van der Waals surface area contributed by atoms with Gasteiger partial charge in [0.1, 0.15) is 12.7 Å². The maximum atomic E-state index is 12.4. The van der Waals surface area contributed by atoms with Crippen molar-refractivity contribution in [1.82, 2.24) is 25.0 Å². The summed E-state index contributed by atoms with van der Waals surface area (Å²) in [4.78, 5) is 30.1. The third-order valence-electron chi connectivity index (χ3n) is 4.52. The Balaban J connectivity index is 1.60. The molecule has 1 aliphatic rings. The second kappa shape index (κ2) is 7.46. The number of hydrogen-bond acceptors (Lipinski definition) is 4. The molecule has 0 unspecified atom stereocenters. The highest BCUT2D eigenvalue weighted by atomic mass is 16.2. The molecule has 0 saturated carbocycles. The summed E-state index contributed by atoms with van der Waals surface area (Å²) in [6.07, 6.45) is 3.46. The summed E-state index contributed by atoms with van der Waals surface area (Å²) in [6, 6.07) is 8.06. The van der Waals surface area contributed by atoms with Crippen LogP contribution in [0.2, 0.25) is 0 Å². The van der Waals surface area contributed by atoms with Crippen LogP contribution in [0.25, 0.3) is 0 Å². The van der Waals surface area contributed by atoms with Crippen molar-refractivity contribution in [3.63, 3.8) is 0 Å². The van der Waals surface area contributed by atoms with Gasteiger partial charge < -0.3 is 10.2 Å². The van der Waals surface area contributed by atoms with Crippen molar-refractivity contribution < 1.29 is 9.59 Å². The minimum atomic E-state index is -0.266. The highest BCUT2D eigenvalue weighted by molar-refractivity contribution is 5.89. The van der Waals surface area contributed by atoms with Crippen molar-refractivity contribution in [2.24, 2.45) is 5.92 Å². The Bertz CT molecular complexity index is 742. The second-order valence-electron chi connectivity index (χ2n) is 6.62. The summed E-state index contributed by atoms with van der Waals surface area (Å²) in [5.74, 6) is -0.272. The van der Waals surface area contributed by atoms with E-state index in [0.29, 0.717) is 26.1 Å². The molecule has 2 heterocycles. The number of hydrogen-bond donors (Lipinski definition) is 1. The first-order valence-electron chi connectivity index (χ1n) is 8.51. The maximum absolute atomic E-state index is 12.4. The predicted molar refractivity (Wildman–Crippen MR) is 92.4 cm³/mol. The van der Waals surface area contributed by atoms with E-state index < -0.39 is 0 Å². The molecule has 1 atom stereocenters. The summed E-state index contributed by atoms with van der Waals surface area (Å²) < 4.78 is 1.75. The summed E-state index contributed by atoms with van der Waals surface area (Å²) >= 11 is 0. The average molecular weight is 341 g/mol. The van der Waals surface area contributed by atoms with Gasteiger partial charge in [0, 0.05) is 25.6 Å². The fraction of sp³-hybridized carbons (Fsp3) is 0.444. The molecular weight excluding hydrogens is 318 g/mol. The summed E-state index contributed by atoms with van der Waals surface area (Å²) in [6.45, 7) is 5.49. The van der Waals surface area contributed by atoms with Crippen LogP contribution in [0.1, 0.15) is 31.4 Å². The van der Waals surface area contributed by atoms with E-state index >= 15 is 0 Å². The molecule has 3 rings (SSSR count). The quantitative estimate of drug-likeness (QED) is 0.856. The Morgan fingerprint density at radius 3 is 2.72 bits per heavy atom. The zero-order chi connectivity index (χ0) is 17.8. The SMILES string of the molecule is CC(C)N1C[C@H](C(=O)NCc2ccccc2Cn2cncn2)CC1=O. The van der Waals surface area contributed by atoms with Crippen LogP contribution in [0.3, 0.4) is 0 Å².